The van der Waals surface area contributed by atoms with Crippen LogP contribution >= 0.6 is 0 Å². The van der Waals surface area contributed by atoms with Gasteiger partial charge in [-0.3, -0.25) is 4.79 Å². The van der Waals surface area contributed by atoms with E-state index in [1.54, 1.807) is 26.8 Å². The highest BCUT2D eigenvalue weighted by Crippen LogP contribution is 2.31. The van der Waals surface area contributed by atoms with Gasteiger partial charge in [-0.2, -0.15) is 0 Å². The fourth-order valence-corrected chi connectivity index (χ4v) is 2.87. The van der Waals surface area contributed by atoms with E-state index in [1.165, 1.54) is 24.3 Å². The van der Waals surface area contributed by atoms with Crippen LogP contribution in [0, 0.1) is 19.7 Å². The molecule has 1 unspecified atom stereocenters. The average Bonchev–Trinajstić information content (AvgIpc) is 3.19. The first-order valence-corrected chi connectivity index (χ1v) is 8.14. The molecule has 0 radical (unpaired) electrons. The van der Waals surface area contributed by atoms with Crippen LogP contribution in [0.15, 0.2) is 39.3 Å². The molecule has 7 nitrogen and oxygen atoms in total. The SMILES string of the molecule is Cc1cc(C(=O)NC(C)c2c(-c3ccc(F)cc3)noc2C(=O)O)c(C)o1. The van der Waals surface area contributed by atoms with Crippen LogP contribution in [-0.4, -0.2) is 22.1 Å². The molecule has 1 amide bonds. The van der Waals surface area contributed by atoms with Crippen molar-refractivity contribution in [3.8, 4) is 11.3 Å². The lowest BCUT2D eigenvalue weighted by Crippen LogP contribution is -2.28. The molecule has 0 saturated carbocycles. The van der Waals surface area contributed by atoms with Crippen molar-refractivity contribution >= 4 is 11.9 Å². The Morgan fingerprint density at radius 1 is 1.22 bits per heavy atom. The number of halogens is 1. The molecule has 0 saturated heterocycles. The summed E-state index contributed by atoms with van der Waals surface area (Å²) in [6.07, 6.45) is 0. The number of furan rings is 1. The molecule has 1 atom stereocenters. The highest BCUT2D eigenvalue weighted by Gasteiger charge is 2.28. The molecule has 27 heavy (non-hydrogen) atoms. The van der Waals surface area contributed by atoms with Gasteiger partial charge in [0.2, 0.25) is 5.76 Å². The lowest BCUT2D eigenvalue weighted by Gasteiger charge is -2.14. The van der Waals surface area contributed by atoms with Crippen molar-refractivity contribution in [1.82, 2.24) is 10.5 Å². The van der Waals surface area contributed by atoms with Crippen LogP contribution in [-0.2, 0) is 0 Å². The van der Waals surface area contributed by atoms with Gasteiger partial charge in [0, 0.05) is 5.56 Å². The Labute approximate surface area is 153 Å². The first-order valence-electron chi connectivity index (χ1n) is 8.14. The standard InChI is InChI=1S/C19H17FN2O5/c1-9-8-14(11(3)26-9)18(23)21-10(2)15-16(22-27-17(15)19(24)25)12-4-6-13(20)7-5-12/h4-8,10H,1-3H3,(H,21,23)(H,24,25). The monoisotopic (exact) mass is 372 g/mol. The molecule has 0 aliphatic carbocycles. The van der Waals surface area contributed by atoms with Gasteiger partial charge in [0.25, 0.3) is 5.91 Å². The predicted octanol–water partition coefficient (Wildman–Crippen LogP) is 3.88. The second kappa shape index (κ2) is 7.06. The summed E-state index contributed by atoms with van der Waals surface area (Å²) >= 11 is 0. The quantitative estimate of drug-likeness (QED) is 0.704. The van der Waals surface area contributed by atoms with Crippen LogP contribution < -0.4 is 5.32 Å². The van der Waals surface area contributed by atoms with Gasteiger partial charge in [-0.25, -0.2) is 9.18 Å². The molecule has 0 bridgehead atoms. The number of hydrogen-bond acceptors (Lipinski definition) is 5. The van der Waals surface area contributed by atoms with Crippen LogP contribution in [0.3, 0.4) is 0 Å². The Morgan fingerprint density at radius 2 is 1.89 bits per heavy atom. The molecule has 0 aliphatic heterocycles. The van der Waals surface area contributed by atoms with E-state index >= 15 is 0 Å². The summed E-state index contributed by atoms with van der Waals surface area (Å²) in [5.74, 6) is -1.51. The Morgan fingerprint density at radius 3 is 2.44 bits per heavy atom. The van der Waals surface area contributed by atoms with E-state index in [0.717, 1.165) is 0 Å². The van der Waals surface area contributed by atoms with Gasteiger partial charge in [0.05, 0.1) is 17.2 Å². The van der Waals surface area contributed by atoms with Crippen molar-refractivity contribution in [2.75, 3.05) is 0 Å². The van der Waals surface area contributed by atoms with Gasteiger partial charge in [-0.1, -0.05) is 5.16 Å². The molecular weight excluding hydrogens is 355 g/mol. The maximum absolute atomic E-state index is 13.2. The first-order chi connectivity index (χ1) is 12.8. The molecule has 8 heteroatoms. The van der Waals surface area contributed by atoms with Gasteiger partial charge < -0.3 is 19.4 Å². The fourth-order valence-electron chi connectivity index (χ4n) is 2.87. The fraction of sp³-hybridized carbons (Fsp3) is 0.211. The lowest BCUT2D eigenvalue weighted by atomic mass is 10.00. The molecule has 0 fully saturated rings. The number of aromatic nitrogens is 1. The second-order valence-corrected chi connectivity index (χ2v) is 6.11. The highest BCUT2D eigenvalue weighted by molar-refractivity contribution is 5.96. The third-order valence-corrected chi connectivity index (χ3v) is 4.11. The molecular formula is C19H17FN2O5. The van der Waals surface area contributed by atoms with Crippen molar-refractivity contribution in [3.05, 3.63) is 64.6 Å². The van der Waals surface area contributed by atoms with Crippen LogP contribution in [0.25, 0.3) is 11.3 Å². The number of carboxylic acids is 1. The Hall–Kier alpha value is -3.42. The summed E-state index contributed by atoms with van der Waals surface area (Å²) in [7, 11) is 0. The van der Waals surface area contributed by atoms with Crippen molar-refractivity contribution < 1.29 is 28.0 Å². The smallest absolute Gasteiger partial charge is 0.375 e. The molecule has 0 aliphatic rings. The summed E-state index contributed by atoms with van der Waals surface area (Å²) in [5.41, 5.74) is 1.25. The summed E-state index contributed by atoms with van der Waals surface area (Å²) in [6, 6.07) is 6.25. The van der Waals surface area contributed by atoms with E-state index in [1.807, 2.05) is 0 Å². The second-order valence-electron chi connectivity index (χ2n) is 6.11. The largest absolute Gasteiger partial charge is 0.475 e. The number of carbonyl (C=O) groups excluding carboxylic acids is 1. The van der Waals surface area contributed by atoms with E-state index in [4.69, 9.17) is 8.94 Å². The molecule has 2 heterocycles. The maximum Gasteiger partial charge on any atom is 0.375 e. The van der Waals surface area contributed by atoms with E-state index in [2.05, 4.69) is 10.5 Å². The van der Waals surface area contributed by atoms with E-state index < -0.39 is 23.7 Å². The zero-order valence-corrected chi connectivity index (χ0v) is 14.9. The van der Waals surface area contributed by atoms with Crippen LogP contribution in [0.5, 0.6) is 0 Å². The number of carbonyl (C=O) groups is 2. The van der Waals surface area contributed by atoms with E-state index in [0.29, 0.717) is 22.6 Å². The molecule has 140 valence electrons. The number of carboxylic acid groups (broad SMARTS) is 1. The molecule has 1 aromatic carbocycles. The van der Waals surface area contributed by atoms with Crippen LogP contribution in [0.4, 0.5) is 4.39 Å². The number of nitrogens with zero attached hydrogens (tertiary/aromatic N) is 1. The lowest BCUT2D eigenvalue weighted by molar-refractivity contribution is 0.0648. The molecule has 3 rings (SSSR count). The zero-order chi connectivity index (χ0) is 19.7. The van der Waals surface area contributed by atoms with Crippen molar-refractivity contribution in [3.63, 3.8) is 0 Å². The summed E-state index contributed by atoms with van der Waals surface area (Å²) in [4.78, 5) is 24.1. The summed E-state index contributed by atoms with van der Waals surface area (Å²) in [5, 5.41) is 15.9. The number of benzene rings is 1. The third-order valence-electron chi connectivity index (χ3n) is 4.11. The summed E-state index contributed by atoms with van der Waals surface area (Å²) < 4.78 is 23.5. The minimum absolute atomic E-state index is 0.195. The molecule has 3 aromatic rings. The highest BCUT2D eigenvalue weighted by atomic mass is 19.1. The van der Waals surface area contributed by atoms with Gasteiger partial charge >= 0.3 is 5.97 Å². The third kappa shape index (κ3) is 3.59. The molecule has 0 spiro atoms. The minimum Gasteiger partial charge on any atom is -0.475 e. The van der Waals surface area contributed by atoms with Crippen LogP contribution in [0.2, 0.25) is 0 Å². The topological polar surface area (TPSA) is 106 Å². The normalized spacial score (nSPS) is 12.0. The Balaban J connectivity index is 1.97. The van der Waals surface area contributed by atoms with Crippen LogP contribution in [0.1, 0.15) is 51.0 Å². The maximum atomic E-state index is 13.2. The van der Waals surface area contributed by atoms with Crippen molar-refractivity contribution in [1.29, 1.82) is 0 Å². The Kier molecular flexibility index (Phi) is 4.81. The number of rotatable bonds is 5. The van der Waals surface area contributed by atoms with Crippen molar-refractivity contribution in [2.45, 2.75) is 26.8 Å². The number of hydrogen-bond donors (Lipinski definition) is 2. The van der Waals surface area contributed by atoms with E-state index in [-0.39, 0.29) is 17.0 Å². The molecule has 2 N–H and O–H groups in total. The van der Waals surface area contributed by atoms with Gasteiger partial charge in [-0.15, -0.1) is 0 Å². The molecule has 2 aromatic heterocycles. The predicted molar refractivity (Wildman–Crippen MR) is 92.9 cm³/mol. The number of aromatic carboxylic acids is 1. The van der Waals surface area contributed by atoms with Crippen molar-refractivity contribution in [2.24, 2.45) is 0 Å². The number of aryl methyl sites for hydroxylation is 2. The van der Waals surface area contributed by atoms with Gasteiger partial charge in [0.15, 0.2) is 0 Å². The summed E-state index contributed by atoms with van der Waals surface area (Å²) in [6.45, 7) is 5.01. The number of amides is 1. The van der Waals surface area contributed by atoms with Gasteiger partial charge in [0.1, 0.15) is 23.0 Å². The minimum atomic E-state index is -1.32. The zero-order valence-electron chi connectivity index (χ0n) is 14.9. The first kappa shape index (κ1) is 18.4. The average molecular weight is 372 g/mol. The Bertz CT molecular complexity index is 1000. The number of nitrogens with one attached hydrogen (secondary N) is 1. The van der Waals surface area contributed by atoms with Gasteiger partial charge in [-0.05, 0) is 51.1 Å². The van der Waals surface area contributed by atoms with E-state index in [9.17, 15) is 19.1 Å².